The average Bonchev–Trinajstić information content (AvgIpc) is 2.23. The minimum atomic E-state index is -0.0197. The van der Waals surface area contributed by atoms with E-state index in [-0.39, 0.29) is 5.78 Å². The lowest BCUT2D eigenvalue weighted by molar-refractivity contribution is 0.103. The number of ketones is 1. The molecule has 0 saturated carbocycles. The lowest BCUT2D eigenvalue weighted by Crippen LogP contribution is -2.08. The summed E-state index contributed by atoms with van der Waals surface area (Å²) in [5.74, 6) is 0.284. The van der Waals surface area contributed by atoms with E-state index in [2.05, 4.69) is 4.98 Å². The van der Waals surface area contributed by atoms with Crippen molar-refractivity contribution in [2.24, 2.45) is 0 Å². The highest BCUT2D eigenvalue weighted by molar-refractivity contribution is 6.11. The number of carbonyl (C=O) groups excluding carboxylic acids is 1. The van der Waals surface area contributed by atoms with Crippen LogP contribution in [0.1, 0.15) is 36.2 Å². The summed E-state index contributed by atoms with van der Waals surface area (Å²) >= 11 is 0. The van der Waals surface area contributed by atoms with Crippen LogP contribution in [0.2, 0.25) is 0 Å². The van der Waals surface area contributed by atoms with Gasteiger partial charge in [-0.25, -0.2) is 4.98 Å². The predicted molar refractivity (Wildman–Crippen MR) is 61.8 cm³/mol. The van der Waals surface area contributed by atoms with Crippen molar-refractivity contribution in [3.63, 3.8) is 0 Å². The number of rotatable bonds is 3. The molecular weight excluding hydrogens is 188 g/mol. The average molecular weight is 204 g/mol. The van der Waals surface area contributed by atoms with E-state index in [1.54, 1.807) is 12.3 Å². The van der Waals surface area contributed by atoms with Gasteiger partial charge in [-0.2, -0.15) is 0 Å². The van der Waals surface area contributed by atoms with Crippen LogP contribution in [0, 0.1) is 6.92 Å². The first kappa shape index (κ1) is 11.4. The summed E-state index contributed by atoms with van der Waals surface area (Å²) in [5.41, 5.74) is 7.90. The second kappa shape index (κ2) is 4.73. The number of hydrogen-bond acceptors (Lipinski definition) is 3. The van der Waals surface area contributed by atoms with Crippen molar-refractivity contribution in [2.75, 3.05) is 5.73 Å². The summed E-state index contributed by atoms with van der Waals surface area (Å²) in [6.07, 6.45) is 4.19. The van der Waals surface area contributed by atoms with E-state index in [1.165, 1.54) is 0 Å². The number of pyridine rings is 1. The highest BCUT2D eigenvalue weighted by atomic mass is 16.1. The predicted octanol–water partition coefficient (Wildman–Crippen LogP) is 2.51. The van der Waals surface area contributed by atoms with Crippen LogP contribution in [0.3, 0.4) is 0 Å². The number of aryl methyl sites for hydroxylation is 1. The zero-order chi connectivity index (χ0) is 11.4. The fourth-order valence-corrected chi connectivity index (χ4v) is 1.43. The summed E-state index contributed by atoms with van der Waals surface area (Å²) < 4.78 is 0. The van der Waals surface area contributed by atoms with Gasteiger partial charge >= 0.3 is 0 Å². The summed E-state index contributed by atoms with van der Waals surface area (Å²) in [6, 6.07) is 1.78. The molecule has 0 unspecified atom stereocenters. The lowest BCUT2D eigenvalue weighted by atomic mass is 10.0. The van der Waals surface area contributed by atoms with Gasteiger partial charge in [-0.15, -0.1) is 0 Å². The SMILES string of the molecule is C/C=C(/CC)C(=O)c1cc(C)cnc1N. The van der Waals surface area contributed by atoms with E-state index in [9.17, 15) is 4.79 Å². The highest BCUT2D eigenvalue weighted by Gasteiger charge is 2.13. The summed E-state index contributed by atoms with van der Waals surface area (Å²) in [7, 11) is 0. The molecule has 0 radical (unpaired) electrons. The first-order valence-electron chi connectivity index (χ1n) is 5.02. The zero-order valence-corrected chi connectivity index (χ0v) is 9.37. The molecule has 0 aliphatic heterocycles. The molecule has 0 bridgehead atoms. The normalized spacial score (nSPS) is 11.5. The Hall–Kier alpha value is -1.64. The maximum Gasteiger partial charge on any atom is 0.192 e. The Kier molecular flexibility index (Phi) is 3.61. The van der Waals surface area contributed by atoms with Crippen molar-refractivity contribution in [2.45, 2.75) is 27.2 Å². The molecule has 1 heterocycles. The van der Waals surface area contributed by atoms with Crippen molar-refractivity contribution >= 4 is 11.6 Å². The molecule has 1 aromatic heterocycles. The van der Waals surface area contributed by atoms with E-state index < -0.39 is 0 Å². The Bertz CT molecular complexity index is 408. The smallest absolute Gasteiger partial charge is 0.192 e. The standard InChI is InChI=1S/C12H16N2O/c1-4-9(5-2)11(15)10-6-8(3)7-14-12(10)13/h4,6-7H,5H2,1-3H3,(H2,13,14)/b9-4-. The fourth-order valence-electron chi connectivity index (χ4n) is 1.43. The van der Waals surface area contributed by atoms with Gasteiger partial charge < -0.3 is 5.73 Å². The van der Waals surface area contributed by atoms with Crippen molar-refractivity contribution in [3.05, 3.63) is 35.0 Å². The van der Waals surface area contributed by atoms with Crippen LogP contribution in [0.15, 0.2) is 23.9 Å². The van der Waals surface area contributed by atoms with Gasteiger partial charge in [0.05, 0.1) is 5.56 Å². The largest absolute Gasteiger partial charge is 0.383 e. The summed E-state index contributed by atoms with van der Waals surface area (Å²) in [4.78, 5) is 16.0. The molecule has 0 aliphatic carbocycles. The van der Waals surface area contributed by atoms with Gasteiger partial charge in [0.1, 0.15) is 5.82 Å². The number of Topliss-reactive ketones (excluding diaryl/α,β-unsaturated/α-hetero) is 1. The van der Waals surface area contributed by atoms with Gasteiger partial charge in [-0.3, -0.25) is 4.79 Å². The second-order valence-corrected chi connectivity index (χ2v) is 3.44. The lowest BCUT2D eigenvalue weighted by Gasteiger charge is -2.06. The number of nitrogens with zero attached hydrogens (tertiary/aromatic N) is 1. The maximum absolute atomic E-state index is 12.0. The quantitative estimate of drug-likeness (QED) is 0.608. The number of anilines is 1. The molecule has 15 heavy (non-hydrogen) atoms. The zero-order valence-electron chi connectivity index (χ0n) is 9.37. The number of nitrogens with two attached hydrogens (primary N) is 1. The molecule has 0 aliphatic rings. The van der Waals surface area contributed by atoms with E-state index in [0.29, 0.717) is 17.8 Å². The maximum atomic E-state index is 12.0. The van der Waals surface area contributed by atoms with Crippen molar-refractivity contribution < 1.29 is 4.79 Å². The Morgan fingerprint density at radius 3 is 2.80 bits per heavy atom. The minimum Gasteiger partial charge on any atom is -0.383 e. The van der Waals surface area contributed by atoms with Gasteiger partial charge in [0, 0.05) is 6.20 Å². The Balaban J connectivity index is 3.16. The first-order valence-corrected chi connectivity index (χ1v) is 5.02. The van der Waals surface area contributed by atoms with Crippen LogP contribution in [0.4, 0.5) is 5.82 Å². The Labute approximate surface area is 90.0 Å². The van der Waals surface area contributed by atoms with E-state index >= 15 is 0 Å². The van der Waals surface area contributed by atoms with E-state index in [4.69, 9.17) is 5.73 Å². The van der Waals surface area contributed by atoms with Gasteiger partial charge in [0.15, 0.2) is 5.78 Å². The molecule has 3 nitrogen and oxygen atoms in total. The fraction of sp³-hybridized carbons (Fsp3) is 0.333. The molecule has 3 heteroatoms. The highest BCUT2D eigenvalue weighted by Crippen LogP contribution is 2.17. The molecule has 2 N–H and O–H groups in total. The number of aromatic nitrogens is 1. The molecule has 0 spiro atoms. The number of nitrogen functional groups attached to an aromatic ring is 1. The molecule has 80 valence electrons. The third-order valence-electron chi connectivity index (χ3n) is 2.32. The topological polar surface area (TPSA) is 56.0 Å². The van der Waals surface area contributed by atoms with Crippen LogP contribution in [-0.2, 0) is 0 Å². The Morgan fingerprint density at radius 2 is 2.27 bits per heavy atom. The molecule has 0 atom stereocenters. The number of hydrogen-bond donors (Lipinski definition) is 1. The molecule has 0 fully saturated rings. The second-order valence-electron chi connectivity index (χ2n) is 3.44. The van der Waals surface area contributed by atoms with Crippen molar-refractivity contribution in [1.82, 2.24) is 4.98 Å². The molecule has 1 aromatic rings. The van der Waals surface area contributed by atoms with Crippen LogP contribution >= 0.6 is 0 Å². The third-order valence-corrected chi connectivity index (χ3v) is 2.32. The minimum absolute atomic E-state index is 0.0197. The number of carbonyl (C=O) groups is 1. The molecule has 1 rings (SSSR count). The van der Waals surface area contributed by atoms with Crippen LogP contribution < -0.4 is 5.73 Å². The first-order chi connectivity index (χ1) is 7.10. The van der Waals surface area contributed by atoms with Crippen LogP contribution in [-0.4, -0.2) is 10.8 Å². The van der Waals surface area contributed by atoms with Gasteiger partial charge in [-0.1, -0.05) is 13.0 Å². The third kappa shape index (κ3) is 2.43. The van der Waals surface area contributed by atoms with Crippen molar-refractivity contribution in [1.29, 1.82) is 0 Å². The van der Waals surface area contributed by atoms with Gasteiger partial charge in [0.25, 0.3) is 0 Å². The van der Waals surface area contributed by atoms with Gasteiger partial charge in [0.2, 0.25) is 0 Å². The van der Waals surface area contributed by atoms with E-state index in [1.807, 2.05) is 26.8 Å². The molecule has 0 saturated heterocycles. The molecule has 0 amide bonds. The van der Waals surface area contributed by atoms with Gasteiger partial charge in [-0.05, 0) is 37.5 Å². The molecular formula is C12H16N2O. The summed E-state index contributed by atoms with van der Waals surface area (Å²) in [5, 5.41) is 0. The summed E-state index contributed by atoms with van der Waals surface area (Å²) in [6.45, 7) is 5.70. The van der Waals surface area contributed by atoms with Crippen LogP contribution in [0.25, 0.3) is 0 Å². The Morgan fingerprint density at radius 1 is 1.60 bits per heavy atom. The van der Waals surface area contributed by atoms with Crippen LogP contribution in [0.5, 0.6) is 0 Å². The monoisotopic (exact) mass is 204 g/mol. The number of allylic oxidation sites excluding steroid dienone is 2. The van der Waals surface area contributed by atoms with Crippen molar-refractivity contribution in [3.8, 4) is 0 Å². The van der Waals surface area contributed by atoms with E-state index in [0.717, 1.165) is 11.1 Å². The molecule has 0 aromatic carbocycles.